The second-order valence-electron chi connectivity index (χ2n) is 8.64. The predicted octanol–water partition coefficient (Wildman–Crippen LogP) is 8.81. The van der Waals surface area contributed by atoms with E-state index >= 15 is 0 Å². The van der Waals surface area contributed by atoms with E-state index in [9.17, 15) is 26.3 Å². The molecule has 0 bridgehead atoms. The Balaban J connectivity index is 0. The van der Waals surface area contributed by atoms with Crippen LogP contribution in [0.3, 0.4) is 0 Å². The number of nitrogens with zero attached hydrogens (tertiary/aromatic N) is 1. The van der Waals surface area contributed by atoms with Crippen molar-refractivity contribution in [3.63, 3.8) is 0 Å². The van der Waals surface area contributed by atoms with Gasteiger partial charge in [0.2, 0.25) is 0 Å². The first-order valence-electron chi connectivity index (χ1n) is 12.5. The van der Waals surface area contributed by atoms with Crippen molar-refractivity contribution in [3.05, 3.63) is 71.3 Å². The third-order valence-corrected chi connectivity index (χ3v) is 5.48. The Labute approximate surface area is 229 Å². The van der Waals surface area contributed by atoms with Crippen molar-refractivity contribution in [3.8, 4) is 0 Å². The number of hydrogen-bond donors (Lipinski definition) is 0. The van der Waals surface area contributed by atoms with Crippen molar-refractivity contribution >= 4 is 0 Å². The van der Waals surface area contributed by atoms with E-state index in [2.05, 4.69) is 27.7 Å². The molecule has 8 heteroatoms. The molecule has 0 N–H and O–H groups in total. The van der Waals surface area contributed by atoms with Gasteiger partial charge in [-0.25, -0.2) is 26.3 Å². The van der Waals surface area contributed by atoms with Crippen molar-refractivity contribution < 1.29 is 53.2 Å². The fourth-order valence-electron chi connectivity index (χ4n) is 3.58. The monoisotopic (exact) mass is 611 g/mol. The minimum Gasteiger partial charge on any atom is -0.324 e. The van der Waals surface area contributed by atoms with Gasteiger partial charge >= 0.3 is 22.4 Å². The maximum absolute atomic E-state index is 11.9. The van der Waals surface area contributed by atoms with Crippen LogP contribution >= 0.6 is 0 Å². The summed E-state index contributed by atoms with van der Waals surface area (Å²) in [6, 6.07) is 5.51. The summed E-state index contributed by atoms with van der Waals surface area (Å²) in [5, 5.41) is 0. The van der Waals surface area contributed by atoms with Gasteiger partial charge in [-0.3, -0.25) is 0 Å². The first-order valence-corrected chi connectivity index (χ1v) is 12.5. The molecule has 0 atom stereocenters. The summed E-state index contributed by atoms with van der Waals surface area (Å²) in [5.41, 5.74) is 0. The van der Waals surface area contributed by atoms with Crippen LogP contribution in [0, 0.1) is 47.0 Å². The molecule has 0 saturated heterocycles. The van der Waals surface area contributed by atoms with E-state index in [1.165, 1.54) is 82.0 Å². The summed E-state index contributed by atoms with van der Waals surface area (Å²) in [6.07, 6.45) is 11.1. The van der Waals surface area contributed by atoms with Gasteiger partial charge in [0.05, 0.1) is 26.2 Å². The normalized spacial score (nSPS) is 10.5. The first kappa shape index (κ1) is 36.9. The Bertz CT molecular complexity index is 631. The third-order valence-electron chi connectivity index (χ3n) is 5.48. The van der Waals surface area contributed by atoms with Gasteiger partial charge in [-0.15, -0.1) is 36.4 Å². The molecule has 0 radical (unpaired) electrons. The maximum Gasteiger partial charge on any atom is 1.00 e. The molecule has 0 amide bonds. The molecule has 0 spiro atoms. The van der Waals surface area contributed by atoms with Crippen molar-refractivity contribution in [1.82, 2.24) is 0 Å². The summed E-state index contributed by atoms with van der Waals surface area (Å²) in [6.45, 7) is 15.0. The Morgan fingerprint density at radius 1 is 0.500 bits per heavy atom. The van der Waals surface area contributed by atoms with Crippen LogP contribution in [0.25, 0.3) is 0 Å². The summed E-state index contributed by atoms with van der Waals surface area (Å²) in [5.74, 6) is -5.94. The molecule has 0 aliphatic rings. The number of benzene rings is 2. The zero-order valence-corrected chi connectivity index (χ0v) is 23.3. The van der Waals surface area contributed by atoms with Crippen LogP contribution in [0.5, 0.6) is 0 Å². The molecule has 0 heterocycles. The number of hydrogen-bond acceptors (Lipinski definition) is 0. The SMILES string of the molecule is CCCC[N+](CCCC)(CCCC)CCCC.Fc1[c-]c(F)cc(F)c1.Fc1[c-]c(F)cc(F)c1.[Ag+]. The molecule has 2 aromatic rings. The van der Waals surface area contributed by atoms with Gasteiger partial charge < -0.3 is 4.48 Å². The Morgan fingerprint density at radius 2 is 0.722 bits per heavy atom. The average molecular weight is 612 g/mol. The zero-order valence-electron chi connectivity index (χ0n) is 21.8. The quantitative estimate of drug-likeness (QED) is 0.0973. The molecule has 1 nitrogen and oxygen atoms in total. The average Bonchev–Trinajstić information content (AvgIpc) is 2.77. The molecule has 0 unspecified atom stereocenters. The molecule has 210 valence electrons. The van der Waals surface area contributed by atoms with E-state index in [0.717, 1.165) is 0 Å². The van der Waals surface area contributed by atoms with Crippen LogP contribution in [-0.2, 0) is 22.4 Å². The van der Waals surface area contributed by atoms with Gasteiger partial charge in [-0.05, 0) is 25.7 Å². The standard InChI is InChI=1S/C16H36N.2C6H2F3.Ag/c1-5-9-13-17(14-10-6-2,15-11-7-3)16-12-8-4;2*7-4-1-5(8)3-6(9)2-4;/h5-16H2,1-4H3;2*1-2H;/q+1;2*-1;+1. The number of quaternary nitrogens is 1. The van der Waals surface area contributed by atoms with Gasteiger partial charge in [-0.1, -0.05) is 53.4 Å². The van der Waals surface area contributed by atoms with E-state index < -0.39 is 34.9 Å². The number of halogens is 6. The number of unbranched alkanes of at least 4 members (excludes halogenated alkanes) is 4. The molecule has 0 saturated carbocycles. The van der Waals surface area contributed by atoms with E-state index in [-0.39, 0.29) is 22.4 Å². The fraction of sp³-hybridized carbons (Fsp3) is 0.571. The topological polar surface area (TPSA) is 0 Å². The first-order chi connectivity index (χ1) is 16.6. The van der Waals surface area contributed by atoms with E-state index in [0.29, 0.717) is 24.3 Å². The van der Waals surface area contributed by atoms with Crippen LogP contribution in [0.2, 0.25) is 0 Å². The molecule has 0 aliphatic carbocycles. The Hall–Kier alpha value is -1.28. The largest absolute Gasteiger partial charge is 1.00 e. The van der Waals surface area contributed by atoms with Crippen LogP contribution in [-0.4, -0.2) is 30.7 Å². The molecule has 2 aromatic carbocycles. The Morgan fingerprint density at radius 3 is 0.889 bits per heavy atom. The number of rotatable bonds is 12. The predicted molar refractivity (Wildman–Crippen MR) is 130 cm³/mol. The minimum absolute atomic E-state index is 0. The van der Waals surface area contributed by atoms with Crippen LogP contribution in [0.15, 0.2) is 24.3 Å². The van der Waals surface area contributed by atoms with Crippen molar-refractivity contribution in [2.45, 2.75) is 79.1 Å². The van der Waals surface area contributed by atoms with Gasteiger partial charge in [0.25, 0.3) is 0 Å². The summed E-state index contributed by atoms with van der Waals surface area (Å²) < 4.78 is 72.8. The van der Waals surface area contributed by atoms with Crippen LogP contribution < -0.4 is 0 Å². The molecule has 36 heavy (non-hydrogen) atoms. The van der Waals surface area contributed by atoms with Crippen LogP contribution in [0.1, 0.15) is 79.1 Å². The van der Waals surface area contributed by atoms with Gasteiger partial charge in [0.1, 0.15) is 0 Å². The summed E-state index contributed by atoms with van der Waals surface area (Å²) in [4.78, 5) is 0. The minimum atomic E-state index is -1.02. The Kier molecular flexibility index (Phi) is 22.3. The van der Waals surface area contributed by atoms with Gasteiger partial charge in [0, 0.05) is 34.9 Å². The molecular formula is C28H40AgF6N. The van der Waals surface area contributed by atoms with Crippen LogP contribution in [0.4, 0.5) is 26.3 Å². The van der Waals surface area contributed by atoms with Crippen molar-refractivity contribution in [2.24, 2.45) is 0 Å². The molecular weight excluding hydrogens is 572 g/mol. The molecule has 0 aromatic heterocycles. The van der Waals surface area contributed by atoms with Crippen molar-refractivity contribution in [2.75, 3.05) is 26.2 Å². The van der Waals surface area contributed by atoms with E-state index in [1.807, 2.05) is 0 Å². The summed E-state index contributed by atoms with van der Waals surface area (Å²) in [7, 11) is 0. The second kappa shape index (κ2) is 21.8. The van der Waals surface area contributed by atoms with E-state index in [4.69, 9.17) is 0 Å². The summed E-state index contributed by atoms with van der Waals surface area (Å²) >= 11 is 0. The van der Waals surface area contributed by atoms with E-state index in [1.54, 1.807) is 12.1 Å². The van der Waals surface area contributed by atoms with Gasteiger partial charge in [-0.2, -0.15) is 0 Å². The van der Waals surface area contributed by atoms with Gasteiger partial charge in [0.15, 0.2) is 0 Å². The molecule has 0 aliphatic heterocycles. The molecule has 0 fully saturated rings. The second-order valence-corrected chi connectivity index (χ2v) is 8.64. The smallest absolute Gasteiger partial charge is 0.324 e. The van der Waals surface area contributed by atoms with Crippen molar-refractivity contribution in [1.29, 1.82) is 0 Å². The maximum atomic E-state index is 11.9. The molecule has 2 rings (SSSR count). The third kappa shape index (κ3) is 18.0. The fourth-order valence-corrected chi connectivity index (χ4v) is 3.58. The zero-order chi connectivity index (χ0) is 26.7.